The maximum Gasteiger partial charge on any atom is 0.301 e. The summed E-state index contributed by atoms with van der Waals surface area (Å²) in [5.41, 5.74) is 4.78. The van der Waals surface area contributed by atoms with Crippen LogP contribution in [0.1, 0.15) is 25.0 Å². The minimum Gasteiger partial charge on any atom is -0.271 e. The number of non-ortho nitro benzene ring substituents is 1. The number of hydrazone groups is 1. The molecule has 0 saturated heterocycles. The van der Waals surface area contributed by atoms with Crippen LogP contribution < -0.4 is 5.43 Å². The molecule has 1 N–H and O–H groups in total. The molecule has 2 aromatic rings. The monoisotopic (exact) mass is 342 g/mol. The van der Waals surface area contributed by atoms with Crippen LogP contribution in [-0.4, -0.2) is 15.6 Å². The van der Waals surface area contributed by atoms with Gasteiger partial charge in [0.15, 0.2) is 0 Å². The Bertz CT molecular complexity index is 829. The van der Waals surface area contributed by atoms with E-state index in [0.717, 1.165) is 22.9 Å². The Labute approximate surface area is 144 Å². The van der Waals surface area contributed by atoms with Crippen molar-refractivity contribution in [3.05, 3.63) is 73.8 Å². The first-order chi connectivity index (χ1) is 11.8. The molecule has 8 heteroatoms. The minimum atomic E-state index is -0.675. The average Bonchev–Trinajstić information content (AvgIpc) is 2.56. The molecule has 0 heterocycles. The third-order valence-corrected chi connectivity index (χ3v) is 3.58. The van der Waals surface area contributed by atoms with Crippen LogP contribution in [0.4, 0.5) is 17.1 Å². The number of anilines is 1. The van der Waals surface area contributed by atoms with Gasteiger partial charge in [0.2, 0.25) is 0 Å². The van der Waals surface area contributed by atoms with Crippen molar-refractivity contribution >= 4 is 22.8 Å². The number of hydrogen-bond acceptors (Lipinski definition) is 6. The predicted octanol–water partition coefficient (Wildman–Crippen LogP) is 4.28. The number of nitro benzene ring substituents is 2. The minimum absolute atomic E-state index is 0.0762. The van der Waals surface area contributed by atoms with Gasteiger partial charge in [-0.05, 0) is 24.5 Å². The molecule has 0 radical (unpaired) electrons. The van der Waals surface area contributed by atoms with E-state index in [1.54, 1.807) is 0 Å². The Kier molecular flexibility index (Phi) is 5.43. The summed E-state index contributed by atoms with van der Waals surface area (Å²) in [6, 6.07) is 11.2. The fourth-order valence-electron chi connectivity index (χ4n) is 2.25. The molecule has 130 valence electrons. The molecule has 0 bridgehead atoms. The van der Waals surface area contributed by atoms with Crippen molar-refractivity contribution < 1.29 is 9.85 Å². The molecule has 0 aliphatic carbocycles. The Morgan fingerprint density at radius 2 is 1.68 bits per heavy atom. The summed E-state index contributed by atoms with van der Waals surface area (Å²) in [7, 11) is 0. The lowest BCUT2D eigenvalue weighted by Gasteiger charge is -2.11. The van der Waals surface area contributed by atoms with Crippen LogP contribution in [0.2, 0.25) is 0 Å². The third kappa shape index (κ3) is 4.37. The molecule has 0 amide bonds. The number of nitro groups is 2. The molecule has 0 aliphatic heterocycles. The molecule has 0 fully saturated rings. The van der Waals surface area contributed by atoms with E-state index in [9.17, 15) is 20.2 Å². The first-order valence-electron chi connectivity index (χ1n) is 7.63. The Balaban J connectivity index is 2.39. The molecule has 0 spiro atoms. The Morgan fingerprint density at radius 1 is 1.04 bits per heavy atom. The second kappa shape index (κ2) is 7.52. The number of aryl methyl sites for hydroxylation is 1. The molecule has 8 nitrogen and oxygen atoms in total. The van der Waals surface area contributed by atoms with Gasteiger partial charge in [0.1, 0.15) is 5.69 Å². The highest BCUT2D eigenvalue weighted by atomic mass is 16.6. The zero-order valence-electron chi connectivity index (χ0n) is 14.1. The lowest BCUT2D eigenvalue weighted by Crippen LogP contribution is -2.12. The van der Waals surface area contributed by atoms with Gasteiger partial charge in [0, 0.05) is 6.07 Å². The summed E-state index contributed by atoms with van der Waals surface area (Å²) in [6.45, 7) is 5.91. The van der Waals surface area contributed by atoms with Gasteiger partial charge in [-0.3, -0.25) is 25.7 Å². The maximum absolute atomic E-state index is 11.2. The van der Waals surface area contributed by atoms with Crippen molar-refractivity contribution in [3.63, 3.8) is 0 Å². The summed E-state index contributed by atoms with van der Waals surface area (Å²) in [6.07, 6.45) is 0. The Morgan fingerprint density at radius 3 is 2.20 bits per heavy atom. The normalized spacial score (nSPS) is 11.4. The first-order valence-corrected chi connectivity index (χ1v) is 7.63. The smallest absolute Gasteiger partial charge is 0.271 e. The average molecular weight is 342 g/mol. The van der Waals surface area contributed by atoms with Crippen LogP contribution in [0.5, 0.6) is 0 Å². The van der Waals surface area contributed by atoms with Gasteiger partial charge in [-0.2, -0.15) is 5.10 Å². The molecule has 2 rings (SSSR count). The fraction of sp³-hybridized carbons (Fsp3) is 0.235. The van der Waals surface area contributed by atoms with Gasteiger partial charge in [-0.25, -0.2) is 0 Å². The number of benzene rings is 2. The van der Waals surface area contributed by atoms with Crippen molar-refractivity contribution in [1.82, 2.24) is 0 Å². The lowest BCUT2D eigenvalue weighted by molar-refractivity contribution is -0.393. The van der Waals surface area contributed by atoms with E-state index >= 15 is 0 Å². The van der Waals surface area contributed by atoms with E-state index in [2.05, 4.69) is 10.5 Å². The van der Waals surface area contributed by atoms with Crippen molar-refractivity contribution in [2.24, 2.45) is 11.0 Å². The van der Waals surface area contributed by atoms with Crippen LogP contribution >= 0.6 is 0 Å². The highest BCUT2D eigenvalue weighted by molar-refractivity contribution is 6.02. The molecular weight excluding hydrogens is 324 g/mol. The van der Waals surface area contributed by atoms with Gasteiger partial charge in [0.25, 0.3) is 5.69 Å². The van der Waals surface area contributed by atoms with Gasteiger partial charge in [-0.1, -0.05) is 43.7 Å². The molecule has 0 aliphatic rings. The third-order valence-electron chi connectivity index (χ3n) is 3.58. The van der Waals surface area contributed by atoms with E-state index in [1.165, 1.54) is 12.1 Å². The zero-order valence-corrected chi connectivity index (χ0v) is 14.1. The second-order valence-corrected chi connectivity index (χ2v) is 5.85. The van der Waals surface area contributed by atoms with E-state index in [4.69, 9.17) is 0 Å². The van der Waals surface area contributed by atoms with Crippen LogP contribution in [0.15, 0.2) is 47.6 Å². The molecule has 0 aromatic heterocycles. The summed E-state index contributed by atoms with van der Waals surface area (Å²) in [4.78, 5) is 20.6. The standard InChI is InChI=1S/C17H18N4O4/c1-11(2)17(13-6-4-12(3)5-7-13)19-18-15-9-8-14(20(22)23)10-16(15)21(24)25/h4-11,18H,1-3H3. The summed E-state index contributed by atoms with van der Waals surface area (Å²) in [5, 5.41) is 26.3. The first kappa shape index (κ1) is 18.1. The van der Waals surface area contributed by atoms with Crippen LogP contribution in [-0.2, 0) is 0 Å². The molecule has 0 saturated carbocycles. The molecule has 0 atom stereocenters. The Hall–Kier alpha value is -3.29. The number of nitrogens with one attached hydrogen (secondary N) is 1. The van der Waals surface area contributed by atoms with E-state index < -0.39 is 15.5 Å². The molecule has 0 unspecified atom stereocenters. The van der Waals surface area contributed by atoms with Crippen molar-refractivity contribution in [2.75, 3.05) is 5.43 Å². The number of rotatable bonds is 6. The highest BCUT2D eigenvalue weighted by Crippen LogP contribution is 2.29. The quantitative estimate of drug-likeness (QED) is 0.478. The fourth-order valence-corrected chi connectivity index (χ4v) is 2.25. The van der Waals surface area contributed by atoms with Gasteiger partial charge >= 0.3 is 5.69 Å². The van der Waals surface area contributed by atoms with Gasteiger partial charge in [-0.15, -0.1) is 0 Å². The highest BCUT2D eigenvalue weighted by Gasteiger charge is 2.19. The molecule has 2 aromatic carbocycles. The molecule has 25 heavy (non-hydrogen) atoms. The maximum atomic E-state index is 11.2. The number of nitrogens with zero attached hydrogens (tertiary/aromatic N) is 3. The largest absolute Gasteiger partial charge is 0.301 e. The predicted molar refractivity (Wildman–Crippen MR) is 95.9 cm³/mol. The second-order valence-electron chi connectivity index (χ2n) is 5.85. The van der Waals surface area contributed by atoms with E-state index in [1.807, 2.05) is 45.0 Å². The topological polar surface area (TPSA) is 111 Å². The van der Waals surface area contributed by atoms with Gasteiger partial charge in [0.05, 0.1) is 21.6 Å². The number of hydrogen-bond donors (Lipinski definition) is 1. The summed E-state index contributed by atoms with van der Waals surface area (Å²) in [5.74, 6) is 0.0762. The molecular formula is C17H18N4O4. The zero-order chi connectivity index (χ0) is 18.6. The lowest BCUT2D eigenvalue weighted by atomic mass is 9.99. The summed E-state index contributed by atoms with van der Waals surface area (Å²) < 4.78 is 0. The van der Waals surface area contributed by atoms with Crippen molar-refractivity contribution in [3.8, 4) is 0 Å². The van der Waals surface area contributed by atoms with Crippen LogP contribution in [0.3, 0.4) is 0 Å². The van der Waals surface area contributed by atoms with Crippen LogP contribution in [0, 0.1) is 33.1 Å². The van der Waals surface area contributed by atoms with E-state index in [-0.39, 0.29) is 17.3 Å². The summed E-state index contributed by atoms with van der Waals surface area (Å²) >= 11 is 0. The van der Waals surface area contributed by atoms with E-state index in [0.29, 0.717) is 0 Å². The van der Waals surface area contributed by atoms with Gasteiger partial charge < -0.3 is 0 Å². The SMILES string of the molecule is Cc1ccc(C(=NNc2ccc([N+](=O)[O-])cc2[N+](=O)[O-])C(C)C)cc1. The van der Waals surface area contributed by atoms with Crippen molar-refractivity contribution in [1.29, 1.82) is 0 Å². The van der Waals surface area contributed by atoms with Crippen LogP contribution in [0.25, 0.3) is 0 Å². The van der Waals surface area contributed by atoms with Crippen molar-refractivity contribution in [2.45, 2.75) is 20.8 Å².